The lowest BCUT2D eigenvalue weighted by molar-refractivity contribution is -0.143. The van der Waals surface area contributed by atoms with E-state index in [-0.39, 0.29) is 18.7 Å². The maximum absolute atomic E-state index is 14.3. The molecule has 2 aromatic heterocycles. The molecule has 1 unspecified atom stereocenters. The lowest BCUT2D eigenvalue weighted by Gasteiger charge is -2.35. The number of hydrogen-bond donors (Lipinski definition) is 2. The van der Waals surface area contributed by atoms with Crippen LogP contribution in [0.3, 0.4) is 0 Å². The zero-order chi connectivity index (χ0) is 22.2. The summed E-state index contributed by atoms with van der Waals surface area (Å²) in [5.41, 5.74) is 4.79. The Labute approximate surface area is 168 Å². The number of amides is 1. The van der Waals surface area contributed by atoms with Crippen LogP contribution < -0.4 is 11.1 Å². The Balaban J connectivity index is 1.85. The Bertz CT molecular complexity index is 1020. The summed E-state index contributed by atoms with van der Waals surface area (Å²) >= 11 is 0. The predicted molar refractivity (Wildman–Crippen MR) is 98.1 cm³/mol. The molecule has 0 fully saturated rings. The Hall–Kier alpha value is -3.24. The molecule has 160 valence electrons. The van der Waals surface area contributed by atoms with Gasteiger partial charge in [0.2, 0.25) is 0 Å². The molecule has 0 saturated carbocycles. The number of anilines is 1. The largest absolute Gasteiger partial charge is 0.436 e. The van der Waals surface area contributed by atoms with Gasteiger partial charge in [0.1, 0.15) is 11.6 Å². The molecule has 1 aliphatic heterocycles. The quantitative estimate of drug-likeness (QED) is 0.732. The van der Waals surface area contributed by atoms with Gasteiger partial charge in [-0.05, 0) is 31.5 Å². The van der Waals surface area contributed by atoms with Crippen LogP contribution in [0.15, 0.2) is 35.9 Å². The van der Waals surface area contributed by atoms with Gasteiger partial charge in [-0.15, -0.1) is 0 Å². The van der Waals surface area contributed by atoms with Crippen molar-refractivity contribution in [2.24, 2.45) is 5.73 Å². The Kier molecular flexibility index (Phi) is 5.64. The zero-order valence-electron chi connectivity index (χ0n) is 16.0. The van der Waals surface area contributed by atoms with Gasteiger partial charge in [0.25, 0.3) is 5.91 Å². The van der Waals surface area contributed by atoms with Gasteiger partial charge in [0.15, 0.2) is 11.5 Å². The zero-order valence-corrected chi connectivity index (χ0v) is 16.0. The van der Waals surface area contributed by atoms with Crippen molar-refractivity contribution in [3.8, 4) is 0 Å². The van der Waals surface area contributed by atoms with Crippen LogP contribution in [-0.2, 0) is 6.18 Å². The van der Waals surface area contributed by atoms with E-state index in [1.807, 2.05) is 0 Å². The van der Waals surface area contributed by atoms with E-state index in [1.54, 1.807) is 13.8 Å². The van der Waals surface area contributed by atoms with Crippen molar-refractivity contribution in [1.29, 1.82) is 0 Å². The van der Waals surface area contributed by atoms with Crippen molar-refractivity contribution in [2.45, 2.75) is 32.5 Å². The van der Waals surface area contributed by atoms with E-state index in [2.05, 4.69) is 15.3 Å². The number of carbonyl (C=O) groups excluding carboxylic acids is 1. The number of aromatic nitrogens is 2. The smallest absolute Gasteiger partial charge is 0.399 e. The molecular formula is C19H18F5N5O. The molecule has 1 aliphatic rings. The molecule has 1 atom stereocenters. The number of carbonyl (C=O) groups is 1. The van der Waals surface area contributed by atoms with Crippen LogP contribution in [0, 0.1) is 18.6 Å². The summed E-state index contributed by atoms with van der Waals surface area (Å²) in [6, 6.07) is 1.67. The average Bonchev–Trinajstić information content (AvgIpc) is 2.67. The van der Waals surface area contributed by atoms with Crippen molar-refractivity contribution in [3.63, 3.8) is 0 Å². The standard InChI is InChI=1S/C19H18F5N5O/c1-9-7-14(27-8-12(9)20)28-13-4-6-29(10(2)16(13)25)18(30)11-3-5-26-17(15(11)21)19(22,23)24/h3,5,7-8,10H,4,6,25H2,1-2H3,(H,27,28). The summed E-state index contributed by atoms with van der Waals surface area (Å²) in [5.74, 6) is -2.76. The minimum atomic E-state index is -5.02. The highest BCUT2D eigenvalue weighted by atomic mass is 19.4. The van der Waals surface area contributed by atoms with Crippen LogP contribution >= 0.6 is 0 Å². The number of nitrogens with two attached hydrogens (primary N) is 1. The molecule has 0 aromatic carbocycles. The fraction of sp³-hybridized carbons (Fsp3) is 0.316. The molecule has 0 aliphatic carbocycles. The number of hydrogen-bond acceptors (Lipinski definition) is 5. The summed E-state index contributed by atoms with van der Waals surface area (Å²) in [5, 5.41) is 2.97. The lowest BCUT2D eigenvalue weighted by atomic mass is 10.0. The number of alkyl halides is 3. The number of rotatable bonds is 3. The second kappa shape index (κ2) is 7.88. The summed E-state index contributed by atoms with van der Waals surface area (Å²) in [7, 11) is 0. The fourth-order valence-corrected chi connectivity index (χ4v) is 3.13. The highest BCUT2D eigenvalue weighted by Gasteiger charge is 2.39. The normalized spacial score (nSPS) is 17.3. The van der Waals surface area contributed by atoms with E-state index in [1.165, 1.54) is 11.0 Å². The number of nitrogens with one attached hydrogen (secondary N) is 1. The van der Waals surface area contributed by atoms with E-state index in [0.29, 0.717) is 17.1 Å². The first kappa shape index (κ1) is 21.5. The Morgan fingerprint density at radius 1 is 1.30 bits per heavy atom. The van der Waals surface area contributed by atoms with E-state index >= 15 is 0 Å². The first-order valence-electron chi connectivity index (χ1n) is 8.91. The maximum atomic E-state index is 14.3. The van der Waals surface area contributed by atoms with Gasteiger partial charge in [-0.1, -0.05) is 0 Å². The SMILES string of the molecule is Cc1cc(NC2=C(N)C(C)N(C(=O)c3ccnc(C(F)(F)F)c3F)CC2)ncc1F. The molecule has 3 N–H and O–H groups in total. The van der Waals surface area contributed by atoms with Gasteiger partial charge in [-0.2, -0.15) is 13.2 Å². The molecule has 0 bridgehead atoms. The van der Waals surface area contributed by atoms with Gasteiger partial charge in [0.05, 0.1) is 23.5 Å². The second-order valence-corrected chi connectivity index (χ2v) is 6.82. The Morgan fingerprint density at radius 3 is 2.63 bits per heavy atom. The van der Waals surface area contributed by atoms with Crippen LogP contribution in [-0.4, -0.2) is 33.4 Å². The van der Waals surface area contributed by atoms with Crippen molar-refractivity contribution in [1.82, 2.24) is 14.9 Å². The predicted octanol–water partition coefficient (Wildman–Crippen LogP) is 3.60. The average molecular weight is 427 g/mol. The van der Waals surface area contributed by atoms with E-state index in [0.717, 1.165) is 18.5 Å². The highest BCUT2D eigenvalue weighted by Crippen LogP contribution is 2.32. The third-order valence-corrected chi connectivity index (χ3v) is 4.84. The van der Waals surface area contributed by atoms with E-state index in [4.69, 9.17) is 5.73 Å². The molecule has 1 amide bonds. The number of halogens is 5. The van der Waals surface area contributed by atoms with Gasteiger partial charge < -0.3 is 16.0 Å². The molecule has 0 spiro atoms. The minimum Gasteiger partial charge on any atom is -0.399 e. The van der Waals surface area contributed by atoms with E-state index < -0.39 is 41.0 Å². The molecular weight excluding hydrogens is 409 g/mol. The van der Waals surface area contributed by atoms with Crippen LogP contribution in [0.1, 0.15) is 35.0 Å². The lowest BCUT2D eigenvalue weighted by Crippen LogP contribution is -2.46. The second-order valence-electron chi connectivity index (χ2n) is 6.82. The van der Waals surface area contributed by atoms with Crippen molar-refractivity contribution < 1.29 is 26.7 Å². The number of pyridine rings is 2. The molecule has 0 radical (unpaired) electrons. The van der Waals surface area contributed by atoms with Crippen LogP contribution in [0.2, 0.25) is 0 Å². The summed E-state index contributed by atoms with van der Waals surface area (Å²) in [6.07, 6.45) is -3.01. The van der Waals surface area contributed by atoms with Gasteiger partial charge in [-0.3, -0.25) is 4.79 Å². The van der Waals surface area contributed by atoms with E-state index in [9.17, 15) is 26.7 Å². The molecule has 6 nitrogen and oxygen atoms in total. The van der Waals surface area contributed by atoms with Crippen molar-refractivity contribution in [2.75, 3.05) is 11.9 Å². The molecule has 2 aromatic rings. The van der Waals surface area contributed by atoms with Crippen molar-refractivity contribution >= 4 is 11.7 Å². The van der Waals surface area contributed by atoms with Crippen LogP contribution in [0.4, 0.5) is 27.8 Å². The fourth-order valence-electron chi connectivity index (χ4n) is 3.13. The topological polar surface area (TPSA) is 84.1 Å². The monoisotopic (exact) mass is 427 g/mol. The molecule has 3 rings (SSSR count). The minimum absolute atomic E-state index is 0.0757. The first-order valence-corrected chi connectivity index (χ1v) is 8.91. The van der Waals surface area contributed by atoms with Gasteiger partial charge >= 0.3 is 6.18 Å². The van der Waals surface area contributed by atoms with Crippen LogP contribution in [0.5, 0.6) is 0 Å². The maximum Gasteiger partial charge on any atom is 0.436 e. The molecule has 0 saturated heterocycles. The molecule has 30 heavy (non-hydrogen) atoms. The number of aryl methyl sites for hydroxylation is 1. The first-order chi connectivity index (χ1) is 14.0. The molecule has 3 heterocycles. The highest BCUT2D eigenvalue weighted by molar-refractivity contribution is 5.95. The summed E-state index contributed by atoms with van der Waals surface area (Å²) in [4.78, 5) is 20.8. The summed E-state index contributed by atoms with van der Waals surface area (Å²) < 4.78 is 66.4. The third kappa shape index (κ3) is 4.05. The summed E-state index contributed by atoms with van der Waals surface area (Å²) in [6.45, 7) is 3.22. The van der Waals surface area contributed by atoms with Gasteiger partial charge in [0, 0.05) is 24.9 Å². The third-order valence-electron chi connectivity index (χ3n) is 4.84. The van der Waals surface area contributed by atoms with Gasteiger partial charge in [-0.25, -0.2) is 18.7 Å². The Morgan fingerprint density at radius 2 is 2.00 bits per heavy atom. The van der Waals surface area contributed by atoms with Crippen LogP contribution in [0.25, 0.3) is 0 Å². The van der Waals surface area contributed by atoms with Crippen molar-refractivity contribution in [3.05, 3.63) is 64.4 Å². The number of nitrogens with zero attached hydrogens (tertiary/aromatic N) is 3. The molecule has 11 heteroatoms.